The number of carbonyl (C=O) groups excluding carboxylic acids is 2. The molecule has 1 saturated heterocycles. The van der Waals surface area contributed by atoms with Gasteiger partial charge in [0.15, 0.2) is 0 Å². The maximum absolute atomic E-state index is 13.1. The Morgan fingerprint density at radius 2 is 2.08 bits per heavy atom. The van der Waals surface area contributed by atoms with E-state index in [4.69, 9.17) is 4.74 Å². The van der Waals surface area contributed by atoms with E-state index in [0.717, 1.165) is 18.4 Å². The number of imide groups is 1. The fraction of sp³-hybridized carbons (Fsp3) is 0.529. The molecule has 0 unspecified atom stereocenters. The Morgan fingerprint density at radius 3 is 2.68 bits per heavy atom. The summed E-state index contributed by atoms with van der Waals surface area (Å²) in [6, 6.07) is 3.64. The molecule has 0 bridgehead atoms. The van der Waals surface area contributed by atoms with Gasteiger partial charge in [0.25, 0.3) is 11.8 Å². The van der Waals surface area contributed by atoms with Gasteiger partial charge in [-0.15, -0.1) is 0 Å². The van der Waals surface area contributed by atoms with Gasteiger partial charge in [-0.2, -0.15) is 0 Å². The van der Waals surface area contributed by atoms with E-state index in [1.54, 1.807) is 12.1 Å². The molecule has 1 saturated carbocycles. The molecular formula is C17H19F3N2O3. The van der Waals surface area contributed by atoms with Crippen molar-refractivity contribution in [1.82, 2.24) is 10.6 Å². The SMILES string of the molecule is O=C(NC(=O)[C@@H]1CC(F)(F)CN1)c1ccc(C2CC2)c(OCCF)c1. The lowest BCUT2D eigenvalue weighted by Gasteiger charge is -2.13. The number of halogens is 3. The van der Waals surface area contributed by atoms with Crippen LogP contribution in [-0.2, 0) is 4.79 Å². The minimum atomic E-state index is -2.95. The van der Waals surface area contributed by atoms with Crippen LogP contribution in [0.25, 0.3) is 0 Å². The highest BCUT2D eigenvalue weighted by atomic mass is 19.3. The van der Waals surface area contributed by atoms with E-state index in [9.17, 15) is 22.8 Å². The monoisotopic (exact) mass is 356 g/mol. The minimum Gasteiger partial charge on any atom is -0.491 e. The highest BCUT2D eigenvalue weighted by molar-refractivity contribution is 6.06. The van der Waals surface area contributed by atoms with E-state index in [2.05, 4.69) is 10.6 Å². The Kier molecular flexibility index (Phi) is 4.99. The van der Waals surface area contributed by atoms with Gasteiger partial charge in [0.05, 0.1) is 12.6 Å². The lowest BCUT2D eigenvalue weighted by molar-refractivity contribution is -0.122. The topological polar surface area (TPSA) is 67.4 Å². The zero-order valence-corrected chi connectivity index (χ0v) is 13.5. The molecule has 1 aliphatic heterocycles. The molecule has 136 valence electrons. The molecule has 8 heteroatoms. The third kappa shape index (κ3) is 4.31. The van der Waals surface area contributed by atoms with Gasteiger partial charge < -0.3 is 4.74 Å². The van der Waals surface area contributed by atoms with Crippen molar-refractivity contribution < 1.29 is 27.5 Å². The molecule has 0 aromatic heterocycles. The summed E-state index contributed by atoms with van der Waals surface area (Å²) in [4.78, 5) is 24.2. The van der Waals surface area contributed by atoms with Crippen molar-refractivity contribution in [2.24, 2.45) is 0 Å². The predicted molar refractivity (Wildman–Crippen MR) is 83.7 cm³/mol. The van der Waals surface area contributed by atoms with Gasteiger partial charge in [-0.3, -0.25) is 20.2 Å². The molecule has 2 aliphatic rings. The van der Waals surface area contributed by atoms with Gasteiger partial charge in [-0.1, -0.05) is 6.07 Å². The van der Waals surface area contributed by atoms with Crippen LogP contribution < -0.4 is 15.4 Å². The molecule has 3 rings (SSSR count). The summed E-state index contributed by atoms with van der Waals surface area (Å²) in [5.41, 5.74) is 1.07. The maximum atomic E-state index is 13.1. The van der Waals surface area contributed by atoms with Crippen LogP contribution in [0.2, 0.25) is 0 Å². The van der Waals surface area contributed by atoms with Crippen molar-refractivity contribution in [3.05, 3.63) is 29.3 Å². The summed E-state index contributed by atoms with van der Waals surface area (Å²) in [5.74, 6) is -3.68. The van der Waals surface area contributed by atoms with Crippen LogP contribution >= 0.6 is 0 Å². The summed E-state index contributed by atoms with van der Waals surface area (Å²) in [5, 5.41) is 4.51. The normalized spacial score (nSPS) is 21.8. The standard InChI is InChI=1S/C17H19F3N2O3/c18-5-6-25-14-7-11(3-4-12(14)10-1-2-10)15(23)22-16(24)13-8-17(19,20)9-21-13/h3-4,7,10,13,21H,1-2,5-6,8-9H2,(H,22,23,24)/t13-/m0/s1. The van der Waals surface area contributed by atoms with Crippen LogP contribution in [0.4, 0.5) is 13.2 Å². The fourth-order valence-corrected chi connectivity index (χ4v) is 2.85. The Balaban J connectivity index is 1.68. The number of carbonyl (C=O) groups is 2. The summed E-state index contributed by atoms with van der Waals surface area (Å²) in [6.07, 6.45) is 1.38. The number of nitrogens with one attached hydrogen (secondary N) is 2. The number of alkyl halides is 3. The lowest BCUT2D eigenvalue weighted by Crippen LogP contribution is -2.43. The van der Waals surface area contributed by atoms with Crippen LogP contribution in [0.15, 0.2) is 18.2 Å². The van der Waals surface area contributed by atoms with Crippen molar-refractivity contribution >= 4 is 11.8 Å². The highest BCUT2D eigenvalue weighted by Crippen LogP contribution is 2.44. The Hall–Kier alpha value is -2.09. The zero-order valence-electron chi connectivity index (χ0n) is 13.5. The third-order valence-electron chi connectivity index (χ3n) is 4.29. The van der Waals surface area contributed by atoms with Gasteiger partial charge >= 0.3 is 0 Å². The van der Waals surface area contributed by atoms with E-state index in [-0.39, 0.29) is 12.2 Å². The van der Waals surface area contributed by atoms with E-state index in [1.807, 2.05) is 0 Å². The first-order valence-electron chi connectivity index (χ1n) is 8.19. The van der Waals surface area contributed by atoms with E-state index >= 15 is 0 Å². The summed E-state index contributed by atoms with van der Waals surface area (Å²) in [6.45, 7) is -1.36. The average molecular weight is 356 g/mol. The summed E-state index contributed by atoms with van der Waals surface area (Å²) in [7, 11) is 0. The molecule has 1 aliphatic carbocycles. The zero-order chi connectivity index (χ0) is 18.0. The van der Waals surface area contributed by atoms with Crippen LogP contribution in [0.5, 0.6) is 5.75 Å². The second kappa shape index (κ2) is 7.03. The molecule has 1 atom stereocenters. The molecule has 1 aromatic carbocycles. The van der Waals surface area contributed by atoms with Gasteiger partial charge in [-0.25, -0.2) is 13.2 Å². The first-order valence-corrected chi connectivity index (χ1v) is 8.19. The number of ether oxygens (including phenoxy) is 1. The van der Waals surface area contributed by atoms with E-state index < -0.39 is 43.4 Å². The van der Waals surface area contributed by atoms with Crippen LogP contribution in [0.3, 0.4) is 0 Å². The van der Waals surface area contributed by atoms with Gasteiger partial charge in [0.2, 0.25) is 5.91 Å². The number of rotatable bonds is 6. The number of hydrogen-bond acceptors (Lipinski definition) is 4. The first kappa shape index (κ1) is 17.7. The molecule has 1 aromatic rings. The molecule has 25 heavy (non-hydrogen) atoms. The van der Waals surface area contributed by atoms with Gasteiger partial charge in [0, 0.05) is 12.0 Å². The van der Waals surface area contributed by atoms with Gasteiger partial charge in [0.1, 0.15) is 19.0 Å². The molecule has 0 spiro atoms. The first-order chi connectivity index (χ1) is 11.9. The Bertz CT molecular complexity index is 677. The number of amides is 2. The van der Waals surface area contributed by atoms with Crippen molar-refractivity contribution in [2.75, 3.05) is 19.8 Å². The fourth-order valence-electron chi connectivity index (χ4n) is 2.85. The molecule has 0 radical (unpaired) electrons. The molecule has 2 N–H and O–H groups in total. The smallest absolute Gasteiger partial charge is 0.262 e. The van der Waals surface area contributed by atoms with Crippen LogP contribution in [0, 0.1) is 0 Å². The Morgan fingerprint density at radius 1 is 1.32 bits per heavy atom. The third-order valence-corrected chi connectivity index (χ3v) is 4.29. The average Bonchev–Trinajstić information content (AvgIpc) is 3.35. The minimum absolute atomic E-state index is 0.120. The predicted octanol–water partition coefficient (Wildman–Crippen LogP) is 2.17. The van der Waals surface area contributed by atoms with Gasteiger partial charge in [-0.05, 0) is 36.5 Å². The van der Waals surface area contributed by atoms with E-state index in [1.165, 1.54) is 6.07 Å². The molecule has 1 heterocycles. The largest absolute Gasteiger partial charge is 0.491 e. The van der Waals surface area contributed by atoms with E-state index in [0.29, 0.717) is 11.7 Å². The summed E-state index contributed by atoms with van der Waals surface area (Å²) < 4.78 is 44.0. The van der Waals surface area contributed by atoms with Crippen LogP contribution in [0.1, 0.15) is 41.1 Å². The quantitative estimate of drug-likeness (QED) is 0.767. The Labute approximate surface area is 142 Å². The molecule has 2 amide bonds. The van der Waals surface area contributed by atoms with Crippen molar-refractivity contribution in [3.63, 3.8) is 0 Å². The highest BCUT2D eigenvalue weighted by Gasteiger charge is 2.42. The van der Waals surface area contributed by atoms with Crippen molar-refractivity contribution in [1.29, 1.82) is 0 Å². The number of benzene rings is 1. The second-order valence-corrected chi connectivity index (χ2v) is 6.38. The second-order valence-electron chi connectivity index (χ2n) is 6.38. The maximum Gasteiger partial charge on any atom is 0.262 e. The van der Waals surface area contributed by atoms with Crippen molar-refractivity contribution in [3.8, 4) is 5.75 Å². The molecular weight excluding hydrogens is 337 g/mol. The van der Waals surface area contributed by atoms with Crippen LogP contribution in [-0.4, -0.2) is 43.6 Å². The molecule has 2 fully saturated rings. The molecule has 5 nitrogen and oxygen atoms in total. The lowest BCUT2D eigenvalue weighted by atomic mass is 10.1. The number of hydrogen-bond donors (Lipinski definition) is 2. The van der Waals surface area contributed by atoms with Crippen molar-refractivity contribution in [2.45, 2.75) is 37.1 Å². The summed E-state index contributed by atoms with van der Waals surface area (Å²) >= 11 is 0.